The van der Waals surface area contributed by atoms with Gasteiger partial charge in [-0.3, -0.25) is 0 Å². The van der Waals surface area contributed by atoms with Crippen molar-refractivity contribution >= 4 is 11.8 Å². The van der Waals surface area contributed by atoms with E-state index in [4.69, 9.17) is 10.00 Å². The van der Waals surface area contributed by atoms with Gasteiger partial charge in [0.05, 0.1) is 0 Å². The monoisotopic (exact) mass is 242 g/mol. The van der Waals surface area contributed by atoms with Gasteiger partial charge in [-0.25, -0.2) is 4.98 Å². The fraction of sp³-hybridized carbons (Fsp3) is 0.0769. The Morgan fingerprint density at radius 1 is 1.24 bits per heavy atom. The first-order chi connectivity index (χ1) is 8.35. The molecule has 0 saturated heterocycles. The molecule has 4 heteroatoms. The van der Waals surface area contributed by atoms with Gasteiger partial charge in [0, 0.05) is 11.1 Å². The van der Waals surface area contributed by atoms with Gasteiger partial charge >= 0.3 is 0 Å². The highest BCUT2D eigenvalue weighted by atomic mass is 32.2. The molecule has 0 radical (unpaired) electrons. The zero-order valence-corrected chi connectivity index (χ0v) is 10.1. The zero-order chi connectivity index (χ0) is 12.1. The van der Waals surface area contributed by atoms with Crippen LogP contribution in [0.3, 0.4) is 0 Å². The van der Waals surface area contributed by atoms with Crippen LogP contribution in [0.25, 0.3) is 0 Å². The highest BCUT2D eigenvalue weighted by Crippen LogP contribution is 2.31. The van der Waals surface area contributed by atoms with E-state index in [1.165, 1.54) is 0 Å². The van der Waals surface area contributed by atoms with Crippen molar-refractivity contribution in [1.82, 2.24) is 4.98 Å². The molecular formula is C13H10N2OS. The van der Waals surface area contributed by atoms with Crippen LogP contribution in [-0.2, 0) is 0 Å². The van der Waals surface area contributed by atoms with E-state index < -0.39 is 0 Å². The van der Waals surface area contributed by atoms with E-state index in [1.807, 2.05) is 30.5 Å². The van der Waals surface area contributed by atoms with Crippen LogP contribution in [0.15, 0.2) is 47.5 Å². The van der Waals surface area contributed by atoms with Crippen LogP contribution in [-0.4, -0.2) is 11.2 Å². The molecule has 2 rings (SSSR count). The summed E-state index contributed by atoms with van der Waals surface area (Å²) in [6.07, 6.45) is 3.59. The van der Waals surface area contributed by atoms with Crippen LogP contribution in [0.1, 0.15) is 5.56 Å². The summed E-state index contributed by atoms with van der Waals surface area (Å²) in [6, 6.07) is 13.1. The van der Waals surface area contributed by atoms with Crippen LogP contribution in [0.2, 0.25) is 0 Å². The van der Waals surface area contributed by atoms with Crippen molar-refractivity contribution in [1.29, 1.82) is 5.26 Å². The van der Waals surface area contributed by atoms with Gasteiger partial charge in [0.25, 0.3) is 0 Å². The Kier molecular flexibility index (Phi) is 3.63. The number of benzene rings is 1. The van der Waals surface area contributed by atoms with E-state index in [9.17, 15) is 0 Å². The van der Waals surface area contributed by atoms with Crippen LogP contribution in [0.4, 0.5) is 0 Å². The minimum atomic E-state index is 0.344. The number of pyridine rings is 1. The maximum Gasteiger partial charge on any atom is 0.237 e. The number of nitrogens with zero attached hydrogens (tertiary/aromatic N) is 2. The quantitative estimate of drug-likeness (QED) is 0.773. The Morgan fingerprint density at radius 2 is 2.06 bits per heavy atom. The maximum absolute atomic E-state index is 8.95. The van der Waals surface area contributed by atoms with E-state index >= 15 is 0 Å². The largest absolute Gasteiger partial charge is 0.437 e. The Morgan fingerprint density at radius 3 is 2.82 bits per heavy atom. The van der Waals surface area contributed by atoms with Crippen molar-refractivity contribution in [3.05, 3.63) is 48.2 Å². The second kappa shape index (κ2) is 5.37. The van der Waals surface area contributed by atoms with Gasteiger partial charge in [-0.1, -0.05) is 12.1 Å². The standard InChI is InChI=1S/C13H10N2OS/c1-17-12-7-3-2-6-11(12)16-13-10(9-14)5-4-8-15-13/h2-8H,1H3. The fourth-order valence-electron chi connectivity index (χ4n) is 1.36. The molecule has 0 aliphatic rings. The molecular weight excluding hydrogens is 232 g/mol. The lowest BCUT2D eigenvalue weighted by molar-refractivity contribution is 0.450. The Balaban J connectivity index is 2.35. The Hall–Kier alpha value is -1.99. The number of nitriles is 1. The molecule has 1 aromatic carbocycles. The predicted octanol–water partition coefficient (Wildman–Crippen LogP) is 3.47. The minimum absolute atomic E-state index is 0.344. The summed E-state index contributed by atoms with van der Waals surface area (Å²) in [4.78, 5) is 5.08. The van der Waals surface area contributed by atoms with Crippen molar-refractivity contribution in [2.24, 2.45) is 0 Å². The molecule has 0 amide bonds. The lowest BCUT2D eigenvalue weighted by Crippen LogP contribution is -1.92. The van der Waals surface area contributed by atoms with Gasteiger partial charge in [0.15, 0.2) is 0 Å². The van der Waals surface area contributed by atoms with E-state index in [0.29, 0.717) is 11.4 Å². The van der Waals surface area contributed by atoms with Crippen LogP contribution in [0.5, 0.6) is 11.6 Å². The lowest BCUT2D eigenvalue weighted by atomic mass is 10.3. The molecule has 84 valence electrons. The molecule has 0 atom stereocenters. The summed E-state index contributed by atoms with van der Waals surface area (Å²) < 4.78 is 5.67. The van der Waals surface area contributed by atoms with Crippen LogP contribution < -0.4 is 4.74 Å². The lowest BCUT2D eigenvalue weighted by Gasteiger charge is -2.08. The summed E-state index contributed by atoms with van der Waals surface area (Å²) in [7, 11) is 0. The molecule has 0 N–H and O–H groups in total. The van der Waals surface area contributed by atoms with E-state index in [-0.39, 0.29) is 0 Å². The number of para-hydroxylation sites is 1. The SMILES string of the molecule is CSc1ccccc1Oc1ncccc1C#N. The van der Waals surface area contributed by atoms with Gasteiger partial charge in [-0.15, -0.1) is 11.8 Å². The fourth-order valence-corrected chi connectivity index (χ4v) is 1.89. The van der Waals surface area contributed by atoms with Crippen molar-refractivity contribution in [3.63, 3.8) is 0 Å². The summed E-state index contributed by atoms with van der Waals surface area (Å²) in [5, 5.41) is 8.95. The van der Waals surface area contributed by atoms with Gasteiger partial charge < -0.3 is 4.74 Å². The van der Waals surface area contributed by atoms with E-state index in [1.54, 1.807) is 30.1 Å². The van der Waals surface area contributed by atoms with Crippen molar-refractivity contribution in [2.45, 2.75) is 4.90 Å². The smallest absolute Gasteiger partial charge is 0.237 e. The summed E-state index contributed by atoms with van der Waals surface area (Å²) in [5.41, 5.74) is 0.434. The van der Waals surface area contributed by atoms with Crippen molar-refractivity contribution < 1.29 is 4.74 Å². The summed E-state index contributed by atoms with van der Waals surface area (Å²) in [6.45, 7) is 0. The first kappa shape index (κ1) is 11.5. The molecule has 1 aromatic heterocycles. The molecule has 0 spiro atoms. The van der Waals surface area contributed by atoms with Gasteiger partial charge in [0.2, 0.25) is 5.88 Å². The van der Waals surface area contributed by atoms with Crippen LogP contribution >= 0.6 is 11.8 Å². The van der Waals surface area contributed by atoms with E-state index in [2.05, 4.69) is 11.1 Å². The van der Waals surface area contributed by atoms with Crippen molar-refractivity contribution in [3.8, 4) is 17.7 Å². The molecule has 0 aliphatic carbocycles. The average Bonchev–Trinajstić information content (AvgIpc) is 2.40. The topological polar surface area (TPSA) is 45.9 Å². The minimum Gasteiger partial charge on any atom is -0.437 e. The number of ether oxygens (including phenoxy) is 1. The van der Waals surface area contributed by atoms with Gasteiger partial charge in [-0.2, -0.15) is 5.26 Å². The Labute approximate surface area is 104 Å². The third-order valence-electron chi connectivity index (χ3n) is 2.17. The second-order valence-corrected chi connectivity index (χ2v) is 4.07. The Bertz CT molecular complexity index is 563. The molecule has 0 fully saturated rings. The molecule has 0 bridgehead atoms. The number of hydrogen-bond donors (Lipinski definition) is 0. The third kappa shape index (κ3) is 2.58. The molecule has 1 heterocycles. The molecule has 0 unspecified atom stereocenters. The van der Waals surface area contributed by atoms with Gasteiger partial charge in [-0.05, 0) is 30.5 Å². The number of aromatic nitrogens is 1. The highest BCUT2D eigenvalue weighted by molar-refractivity contribution is 7.98. The van der Waals surface area contributed by atoms with Crippen molar-refractivity contribution in [2.75, 3.05) is 6.26 Å². The van der Waals surface area contributed by atoms with Crippen LogP contribution in [0, 0.1) is 11.3 Å². The second-order valence-electron chi connectivity index (χ2n) is 3.22. The van der Waals surface area contributed by atoms with Gasteiger partial charge in [0.1, 0.15) is 17.4 Å². The van der Waals surface area contributed by atoms with E-state index in [0.717, 1.165) is 10.6 Å². The highest BCUT2D eigenvalue weighted by Gasteiger charge is 2.07. The maximum atomic E-state index is 8.95. The molecule has 2 aromatic rings. The first-order valence-electron chi connectivity index (χ1n) is 5.01. The molecule has 0 aliphatic heterocycles. The third-order valence-corrected chi connectivity index (χ3v) is 2.94. The molecule has 17 heavy (non-hydrogen) atoms. The predicted molar refractivity (Wildman–Crippen MR) is 67.2 cm³/mol. The zero-order valence-electron chi connectivity index (χ0n) is 9.25. The first-order valence-corrected chi connectivity index (χ1v) is 6.23. The number of thioether (sulfide) groups is 1. The number of rotatable bonds is 3. The summed E-state index contributed by atoms with van der Waals surface area (Å²) >= 11 is 1.59. The molecule has 3 nitrogen and oxygen atoms in total. The number of hydrogen-bond acceptors (Lipinski definition) is 4. The molecule has 0 saturated carbocycles. The average molecular weight is 242 g/mol. The normalized spacial score (nSPS) is 9.65. The summed E-state index contributed by atoms with van der Waals surface area (Å²) in [5.74, 6) is 1.06.